The number of ether oxygens (including phenoxy) is 1. The highest BCUT2D eigenvalue weighted by Crippen LogP contribution is 2.05. The minimum Gasteiger partial charge on any atom is -0.478 e. The number of hydrogen-bond acceptors (Lipinski definition) is 5. The largest absolute Gasteiger partial charge is 0.478 e. The number of amides is 2. The number of esters is 1. The van der Waals surface area contributed by atoms with Gasteiger partial charge in [-0.2, -0.15) is 0 Å². The predicted octanol–water partition coefficient (Wildman–Crippen LogP) is 1.60. The van der Waals surface area contributed by atoms with E-state index in [2.05, 4.69) is 10.6 Å². The van der Waals surface area contributed by atoms with Crippen LogP contribution in [-0.4, -0.2) is 40.9 Å². The first-order chi connectivity index (χ1) is 14.8. The summed E-state index contributed by atoms with van der Waals surface area (Å²) in [6, 6.07) is 16.1. The third-order valence-electron chi connectivity index (χ3n) is 4.23. The van der Waals surface area contributed by atoms with Crippen molar-refractivity contribution in [3.8, 4) is 0 Å². The van der Waals surface area contributed by atoms with E-state index in [4.69, 9.17) is 9.84 Å². The van der Waals surface area contributed by atoms with Crippen LogP contribution in [0.25, 0.3) is 0 Å². The number of benzene rings is 2. The van der Waals surface area contributed by atoms with E-state index < -0.39 is 35.8 Å². The fraction of sp³-hybridized carbons (Fsp3) is 0.217. The molecule has 0 heterocycles. The molecule has 0 aromatic heterocycles. The van der Waals surface area contributed by atoms with Crippen LogP contribution in [0.1, 0.15) is 18.1 Å². The van der Waals surface area contributed by atoms with E-state index >= 15 is 0 Å². The van der Waals surface area contributed by atoms with Crippen molar-refractivity contribution in [2.75, 3.05) is 0 Å². The molecule has 8 nitrogen and oxygen atoms in total. The number of nitrogens with one attached hydrogen (secondary N) is 2. The Kier molecular flexibility index (Phi) is 8.97. The quantitative estimate of drug-likeness (QED) is 0.393. The van der Waals surface area contributed by atoms with Crippen molar-refractivity contribution in [2.24, 2.45) is 0 Å². The van der Waals surface area contributed by atoms with Crippen LogP contribution in [0.15, 0.2) is 72.8 Å². The lowest BCUT2D eigenvalue weighted by molar-refractivity contribution is -0.148. The first-order valence-corrected chi connectivity index (χ1v) is 9.61. The lowest BCUT2D eigenvalue weighted by atomic mass is 10.0. The lowest BCUT2D eigenvalue weighted by Crippen LogP contribution is -2.51. The first kappa shape index (κ1) is 23.3. The van der Waals surface area contributed by atoms with Crippen molar-refractivity contribution in [3.05, 3.63) is 83.9 Å². The second kappa shape index (κ2) is 11.9. The first-order valence-electron chi connectivity index (χ1n) is 9.61. The van der Waals surface area contributed by atoms with Crippen molar-refractivity contribution < 1.29 is 29.0 Å². The van der Waals surface area contributed by atoms with Crippen LogP contribution in [0.3, 0.4) is 0 Å². The molecule has 0 bridgehead atoms. The van der Waals surface area contributed by atoms with E-state index in [9.17, 15) is 19.2 Å². The molecule has 2 atom stereocenters. The zero-order valence-electron chi connectivity index (χ0n) is 17.0. The Balaban J connectivity index is 2.00. The molecule has 0 saturated carbocycles. The highest BCUT2D eigenvalue weighted by atomic mass is 16.5. The van der Waals surface area contributed by atoms with Gasteiger partial charge in [0.25, 0.3) is 0 Å². The molecule has 0 saturated heterocycles. The Morgan fingerprint density at radius 1 is 0.903 bits per heavy atom. The molecule has 162 valence electrons. The predicted molar refractivity (Wildman–Crippen MR) is 113 cm³/mol. The number of hydrogen-bond donors (Lipinski definition) is 3. The summed E-state index contributed by atoms with van der Waals surface area (Å²) >= 11 is 0. The Labute approximate surface area is 179 Å². The molecule has 0 unspecified atom stereocenters. The topological polar surface area (TPSA) is 122 Å². The van der Waals surface area contributed by atoms with Gasteiger partial charge < -0.3 is 20.5 Å². The summed E-state index contributed by atoms with van der Waals surface area (Å²) in [6.45, 7) is 1.56. The van der Waals surface area contributed by atoms with Gasteiger partial charge in [-0.25, -0.2) is 9.59 Å². The number of carbonyl (C=O) groups excluding carboxylic acids is 3. The van der Waals surface area contributed by atoms with Crippen molar-refractivity contribution in [1.82, 2.24) is 10.6 Å². The van der Waals surface area contributed by atoms with Crippen LogP contribution >= 0.6 is 0 Å². The van der Waals surface area contributed by atoms with E-state index in [-0.39, 0.29) is 13.0 Å². The summed E-state index contributed by atoms with van der Waals surface area (Å²) < 4.78 is 5.22. The Hall–Kier alpha value is -3.94. The summed E-state index contributed by atoms with van der Waals surface area (Å²) in [4.78, 5) is 47.6. The molecule has 0 aliphatic carbocycles. The van der Waals surface area contributed by atoms with Crippen LogP contribution in [-0.2, 0) is 36.9 Å². The smallest absolute Gasteiger partial charge is 0.328 e. The summed E-state index contributed by atoms with van der Waals surface area (Å²) in [7, 11) is 0. The summed E-state index contributed by atoms with van der Waals surface area (Å²) in [5.74, 6) is -3.23. The minimum absolute atomic E-state index is 0.0735. The molecule has 0 fully saturated rings. The fourth-order valence-corrected chi connectivity index (χ4v) is 2.65. The van der Waals surface area contributed by atoms with Gasteiger partial charge in [-0.15, -0.1) is 0 Å². The third-order valence-corrected chi connectivity index (χ3v) is 4.23. The zero-order valence-corrected chi connectivity index (χ0v) is 17.0. The van der Waals surface area contributed by atoms with Crippen LogP contribution in [0.2, 0.25) is 0 Å². The summed E-state index contributed by atoms with van der Waals surface area (Å²) in [6.07, 6.45) is 1.66. The summed E-state index contributed by atoms with van der Waals surface area (Å²) in [5, 5.41) is 13.7. The monoisotopic (exact) mass is 424 g/mol. The third kappa shape index (κ3) is 8.53. The van der Waals surface area contributed by atoms with E-state index in [1.807, 2.05) is 36.4 Å². The van der Waals surface area contributed by atoms with E-state index in [1.165, 1.54) is 6.92 Å². The number of rotatable bonds is 10. The van der Waals surface area contributed by atoms with Gasteiger partial charge in [0.15, 0.2) is 0 Å². The maximum atomic E-state index is 12.7. The Morgan fingerprint density at radius 3 is 2.06 bits per heavy atom. The van der Waals surface area contributed by atoms with Crippen molar-refractivity contribution >= 4 is 23.8 Å². The van der Waals surface area contributed by atoms with Crippen LogP contribution in [0, 0.1) is 0 Å². The lowest BCUT2D eigenvalue weighted by Gasteiger charge is -2.20. The SMILES string of the molecule is C[C@H](NC(=O)[C@H](Cc1ccccc1)NC(=O)/C=C\C(=O)O)C(=O)OCc1ccccc1. The van der Waals surface area contributed by atoms with Crippen molar-refractivity contribution in [1.29, 1.82) is 0 Å². The molecular weight excluding hydrogens is 400 g/mol. The van der Waals surface area contributed by atoms with Gasteiger partial charge in [0.1, 0.15) is 18.7 Å². The second-order valence-electron chi connectivity index (χ2n) is 6.75. The van der Waals surface area contributed by atoms with Gasteiger partial charge in [-0.1, -0.05) is 60.7 Å². The minimum atomic E-state index is -1.28. The van der Waals surface area contributed by atoms with Gasteiger partial charge in [0.05, 0.1) is 0 Å². The molecule has 0 aliphatic rings. The molecule has 2 aromatic carbocycles. The number of aliphatic carboxylic acids is 1. The number of carboxylic acids is 1. The molecule has 0 radical (unpaired) electrons. The van der Waals surface area contributed by atoms with Gasteiger partial charge in [-0.3, -0.25) is 9.59 Å². The van der Waals surface area contributed by atoms with E-state index in [0.29, 0.717) is 6.08 Å². The van der Waals surface area contributed by atoms with Gasteiger partial charge >= 0.3 is 11.9 Å². The standard InChI is InChI=1S/C23H24N2O6/c1-16(23(30)31-15-18-10-6-3-7-11-18)24-22(29)19(14-17-8-4-2-5-9-17)25-20(26)12-13-21(27)28/h2-13,16,19H,14-15H2,1H3,(H,24,29)(H,25,26)(H,27,28)/b13-12-/t16-,19-/m0/s1. The molecule has 0 spiro atoms. The van der Waals surface area contributed by atoms with Crippen molar-refractivity contribution in [3.63, 3.8) is 0 Å². The maximum Gasteiger partial charge on any atom is 0.328 e. The molecule has 2 aromatic rings. The highest BCUT2D eigenvalue weighted by Gasteiger charge is 2.25. The molecule has 8 heteroatoms. The molecule has 2 rings (SSSR count). The molecule has 0 aliphatic heterocycles. The van der Waals surface area contributed by atoms with Crippen LogP contribution in [0.4, 0.5) is 0 Å². The highest BCUT2D eigenvalue weighted by molar-refractivity contribution is 5.97. The maximum absolute atomic E-state index is 12.7. The number of carboxylic acid groups (broad SMARTS) is 1. The molecule has 3 N–H and O–H groups in total. The van der Waals surface area contributed by atoms with Crippen LogP contribution in [0.5, 0.6) is 0 Å². The van der Waals surface area contributed by atoms with Crippen molar-refractivity contribution in [2.45, 2.75) is 32.0 Å². The Morgan fingerprint density at radius 2 is 1.48 bits per heavy atom. The zero-order chi connectivity index (χ0) is 22.6. The van der Waals surface area contributed by atoms with E-state index in [0.717, 1.165) is 17.2 Å². The van der Waals surface area contributed by atoms with Gasteiger partial charge in [0.2, 0.25) is 11.8 Å². The van der Waals surface area contributed by atoms with Gasteiger partial charge in [0, 0.05) is 18.6 Å². The average molecular weight is 424 g/mol. The molecule has 31 heavy (non-hydrogen) atoms. The van der Waals surface area contributed by atoms with Crippen LogP contribution < -0.4 is 10.6 Å². The normalized spacial score (nSPS) is 12.5. The molecular formula is C23H24N2O6. The molecule has 2 amide bonds. The average Bonchev–Trinajstić information content (AvgIpc) is 2.77. The fourth-order valence-electron chi connectivity index (χ4n) is 2.65. The summed E-state index contributed by atoms with van der Waals surface area (Å²) in [5.41, 5.74) is 1.60. The van der Waals surface area contributed by atoms with E-state index in [1.54, 1.807) is 24.3 Å². The number of carbonyl (C=O) groups is 4. The Bertz CT molecular complexity index is 928. The second-order valence-corrected chi connectivity index (χ2v) is 6.75. The van der Waals surface area contributed by atoms with Gasteiger partial charge in [-0.05, 0) is 18.1 Å².